The third-order valence-electron chi connectivity index (χ3n) is 4.14. The number of nitrogens with one attached hydrogen (secondary N) is 1. The number of hydrogen-bond acceptors (Lipinski definition) is 6. The molecule has 0 saturated carbocycles. The van der Waals surface area contributed by atoms with Crippen LogP contribution in [-0.4, -0.2) is 28.7 Å². The summed E-state index contributed by atoms with van der Waals surface area (Å²) in [5.74, 6) is -0.287. The molecule has 1 saturated heterocycles. The van der Waals surface area contributed by atoms with Gasteiger partial charge >= 0.3 is 0 Å². The lowest BCUT2D eigenvalue weighted by Crippen LogP contribution is -2.32. The van der Waals surface area contributed by atoms with E-state index in [2.05, 4.69) is 5.32 Å². The number of hydrogen-bond donors (Lipinski definition) is 1. The first kappa shape index (κ1) is 18.2. The Morgan fingerprint density at radius 1 is 0.778 bits per heavy atom. The number of nitrogens with zero attached hydrogens (tertiary/aromatic N) is 2. The summed E-state index contributed by atoms with van der Waals surface area (Å²) in [4.78, 5) is 34.1. The smallest absolute Gasteiger partial charge is 0.276 e. The molecule has 8 nitrogen and oxygen atoms in total. The summed E-state index contributed by atoms with van der Waals surface area (Å²) in [7, 11) is 0. The summed E-state index contributed by atoms with van der Waals surface area (Å²) < 4.78 is 0. The van der Waals surface area contributed by atoms with Gasteiger partial charge in [0.1, 0.15) is 0 Å². The van der Waals surface area contributed by atoms with Gasteiger partial charge in [0.15, 0.2) is 5.78 Å². The second-order valence-electron chi connectivity index (χ2n) is 5.90. The average molecular weight is 365 g/mol. The largest absolute Gasteiger partial charge is 0.308 e. The average Bonchev–Trinajstić information content (AvgIpc) is 2.65. The van der Waals surface area contributed by atoms with Crippen LogP contribution in [-0.2, 0) is 4.79 Å². The summed E-state index contributed by atoms with van der Waals surface area (Å²) in [5.41, 5.74) is 1.21. The fourth-order valence-electron chi connectivity index (χ4n) is 2.86. The molecule has 0 bridgehead atoms. The van der Waals surface area contributed by atoms with E-state index in [0.717, 1.165) is 0 Å². The number of nitro groups is 2. The molecule has 1 fully saturated rings. The molecule has 2 aromatic rings. The van der Waals surface area contributed by atoms with E-state index >= 15 is 0 Å². The Hall–Kier alpha value is -3.65. The number of piperidine rings is 1. The Labute approximate surface area is 154 Å². The zero-order chi connectivity index (χ0) is 19.4. The molecule has 1 N–H and O–H groups in total. The van der Waals surface area contributed by atoms with Crippen molar-refractivity contribution in [1.82, 2.24) is 5.32 Å². The van der Waals surface area contributed by atoms with Gasteiger partial charge in [-0.15, -0.1) is 0 Å². The lowest BCUT2D eigenvalue weighted by atomic mass is 9.95. The Balaban J connectivity index is 1.98. The topological polar surface area (TPSA) is 115 Å². The maximum atomic E-state index is 12.8. The third kappa shape index (κ3) is 3.96. The highest BCUT2D eigenvalue weighted by molar-refractivity contribution is 6.15. The normalized spacial score (nSPS) is 17.3. The molecule has 0 radical (unpaired) electrons. The van der Waals surface area contributed by atoms with E-state index in [9.17, 15) is 25.0 Å². The van der Waals surface area contributed by atoms with Crippen LogP contribution in [0, 0.1) is 20.2 Å². The van der Waals surface area contributed by atoms with E-state index in [4.69, 9.17) is 0 Å². The number of benzene rings is 2. The number of rotatable bonds is 4. The highest BCUT2D eigenvalue weighted by atomic mass is 16.6. The number of carbonyl (C=O) groups is 1. The molecule has 27 heavy (non-hydrogen) atoms. The summed E-state index contributed by atoms with van der Waals surface area (Å²) in [6.45, 7) is 0.526. The zero-order valence-corrected chi connectivity index (χ0v) is 14.1. The predicted octanol–water partition coefficient (Wildman–Crippen LogP) is 3.14. The molecule has 1 aliphatic rings. The molecular weight excluding hydrogens is 350 g/mol. The molecule has 0 unspecified atom stereocenters. The van der Waals surface area contributed by atoms with E-state index in [0.29, 0.717) is 22.3 Å². The lowest BCUT2D eigenvalue weighted by Gasteiger charge is -2.18. The van der Waals surface area contributed by atoms with E-state index in [1.807, 2.05) is 0 Å². The molecule has 136 valence electrons. The summed E-state index contributed by atoms with van der Waals surface area (Å²) >= 11 is 0. The Kier molecular flexibility index (Phi) is 5.18. The minimum Gasteiger partial charge on any atom is -0.308 e. The van der Waals surface area contributed by atoms with Gasteiger partial charge < -0.3 is 5.32 Å². The maximum Gasteiger partial charge on any atom is 0.276 e. The molecular formula is C19H15N3O5. The fraction of sp³-hybridized carbons (Fsp3) is 0.105. The molecule has 0 aromatic heterocycles. The van der Waals surface area contributed by atoms with Crippen molar-refractivity contribution in [3.63, 3.8) is 0 Å². The first-order chi connectivity index (χ1) is 13.0. The highest BCUT2D eigenvalue weighted by Gasteiger charge is 2.23. The number of carbonyl (C=O) groups excluding carboxylic acids is 1. The van der Waals surface area contributed by atoms with Crippen LogP contribution in [0.25, 0.3) is 12.2 Å². The minimum atomic E-state index is -0.503. The molecule has 1 aliphatic heterocycles. The number of nitro benzene ring substituents is 2. The SMILES string of the molecule is O=C1C(=Cc2ccccc2[N+](=O)[O-])CNCC1=Cc1ccccc1[N+](=O)[O-]. The maximum absolute atomic E-state index is 12.8. The van der Waals surface area contributed by atoms with Crippen LogP contribution < -0.4 is 5.32 Å². The minimum absolute atomic E-state index is 0.0902. The molecule has 0 amide bonds. The lowest BCUT2D eigenvalue weighted by molar-refractivity contribution is -0.385. The second-order valence-corrected chi connectivity index (χ2v) is 5.90. The van der Waals surface area contributed by atoms with Gasteiger partial charge in [0.05, 0.1) is 21.0 Å². The molecule has 8 heteroatoms. The van der Waals surface area contributed by atoms with E-state index < -0.39 is 9.85 Å². The van der Waals surface area contributed by atoms with Gasteiger partial charge in [-0.3, -0.25) is 25.0 Å². The van der Waals surface area contributed by atoms with Crippen LogP contribution in [0.5, 0.6) is 0 Å². The van der Waals surface area contributed by atoms with Crippen LogP contribution in [0.15, 0.2) is 59.7 Å². The first-order valence-corrected chi connectivity index (χ1v) is 8.11. The zero-order valence-electron chi connectivity index (χ0n) is 14.1. The molecule has 1 heterocycles. The molecule has 0 atom stereocenters. The van der Waals surface area contributed by atoms with Crippen LogP contribution in [0.2, 0.25) is 0 Å². The van der Waals surface area contributed by atoms with Crippen LogP contribution in [0.4, 0.5) is 11.4 Å². The van der Waals surface area contributed by atoms with Gasteiger partial charge in [-0.05, 0) is 24.3 Å². The van der Waals surface area contributed by atoms with Crippen molar-refractivity contribution < 1.29 is 14.6 Å². The second kappa shape index (κ2) is 7.71. The van der Waals surface area contributed by atoms with Crippen molar-refractivity contribution in [3.8, 4) is 0 Å². The monoisotopic (exact) mass is 365 g/mol. The number of Topliss-reactive ketones (excluding diaryl/α,β-unsaturated/α-hetero) is 1. The van der Waals surface area contributed by atoms with Crippen molar-refractivity contribution >= 4 is 29.3 Å². The van der Waals surface area contributed by atoms with Gasteiger partial charge in [0, 0.05) is 36.4 Å². The standard InChI is InChI=1S/C19H15N3O5/c23-19-15(9-13-5-1-3-7-17(13)21(24)25)11-20-12-16(19)10-14-6-2-4-8-18(14)22(26)27/h1-10,20H,11-12H2. The Morgan fingerprint density at radius 2 is 1.19 bits per heavy atom. The summed E-state index contributed by atoms with van der Waals surface area (Å²) in [6, 6.07) is 12.3. The van der Waals surface area contributed by atoms with Gasteiger partial charge in [-0.1, -0.05) is 24.3 Å². The van der Waals surface area contributed by atoms with E-state index in [-0.39, 0.29) is 30.2 Å². The van der Waals surface area contributed by atoms with Crippen molar-refractivity contribution in [2.75, 3.05) is 13.1 Å². The van der Waals surface area contributed by atoms with Gasteiger partial charge in [0.2, 0.25) is 0 Å². The van der Waals surface area contributed by atoms with Crippen LogP contribution >= 0.6 is 0 Å². The van der Waals surface area contributed by atoms with Crippen molar-refractivity contribution in [1.29, 1.82) is 0 Å². The fourth-order valence-corrected chi connectivity index (χ4v) is 2.86. The molecule has 2 aromatic carbocycles. The van der Waals surface area contributed by atoms with Crippen molar-refractivity contribution in [2.24, 2.45) is 0 Å². The van der Waals surface area contributed by atoms with Crippen molar-refractivity contribution in [2.45, 2.75) is 0 Å². The highest BCUT2D eigenvalue weighted by Crippen LogP contribution is 2.25. The molecule has 0 spiro atoms. The quantitative estimate of drug-likeness (QED) is 0.505. The first-order valence-electron chi connectivity index (χ1n) is 8.11. The van der Waals surface area contributed by atoms with E-state index in [1.165, 1.54) is 24.3 Å². The van der Waals surface area contributed by atoms with Gasteiger partial charge in [-0.2, -0.15) is 0 Å². The number of ketones is 1. The van der Waals surface area contributed by atoms with Crippen LogP contribution in [0.3, 0.4) is 0 Å². The van der Waals surface area contributed by atoms with Crippen LogP contribution in [0.1, 0.15) is 11.1 Å². The Bertz CT molecular complexity index is 917. The summed E-state index contributed by atoms with van der Waals surface area (Å²) in [6.07, 6.45) is 2.97. The molecule has 3 rings (SSSR count). The van der Waals surface area contributed by atoms with Gasteiger partial charge in [0.25, 0.3) is 11.4 Å². The Morgan fingerprint density at radius 3 is 1.59 bits per heavy atom. The molecule has 0 aliphatic carbocycles. The van der Waals surface area contributed by atoms with Gasteiger partial charge in [-0.25, -0.2) is 0 Å². The number of para-hydroxylation sites is 2. The van der Waals surface area contributed by atoms with Crippen molar-refractivity contribution in [3.05, 3.63) is 91.0 Å². The third-order valence-corrected chi connectivity index (χ3v) is 4.14. The van der Waals surface area contributed by atoms with E-state index in [1.54, 1.807) is 36.4 Å². The summed E-state index contributed by atoms with van der Waals surface area (Å²) in [5, 5.41) is 25.4. The predicted molar refractivity (Wildman–Crippen MR) is 100 cm³/mol.